The van der Waals surface area contributed by atoms with E-state index in [4.69, 9.17) is 11.6 Å². The normalized spacial score (nSPS) is 18.3. The molecule has 0 spiro atoms. The first-order valence-corrected chi connectivity index (χ1v) is 9.31. The van der Waals surface area contributed by atoms with E-state index < -0.39 is 10.0 Å². The molecule has 1 atom stereocenters. The van der Waals surface area contributed by atoms with Crippen LogP contribution in [0.25, 0.3) is 0 Å². The molecule has 1 aromatic carbocycles. The zero-order valence-corrected chi connectivity index (χ0v) is 14.2. The van der Waals surface area contributed by atoms with Gasteiger partial charge in [-0.05, 0) is 24.3 Å². The summed E-state index contributed by atoms with van der Waals surface area (Å²) in [4.78, 5) is 25.4. The highest BCUT2D eigenvalue weighted by atomic mass is 35.5. The van der Waals surface area contributed by atoms with Gasteiger partial charge in [-0.15, -0.1) is 0 Å². The quantitative estimate of drug-likeness (QED) is 0.773. The van der Waals surface area contributed by atoms with Crippen LogP contribution in [0, 0.1) is 0 Å². The summed E-state index contributed by atoms with van der Waals surface area (Å²) < 4.78 is 24.1. The molecule has 1 fully saturated rings. The number of carbonyl (C=O) groups is 2. The lowest BCUT2D eigenvalue weighted by Crippen LogP contribution is -2.38. The Bertz CT molecular complexity index is 690. The third kappa shape index (κ3) is 5.49. The molecule has 23 heavy (non-hydrogen) atoms. The molecule has 0 aromatic heterocycles. The van der Waals surface area contributed by atoms with Gasteiger partial charge in [0.25, 0.3) is 0 Å². The second kappa shape index (κ2) is 7.29. The first kappa shape index (κ1) is 17.7. The number of halogens is 1. The van der Waals surface area contributed by atoms with Crippen molar-refractivity contribution in [1.29, 1.82) is 0 Å². The number of anilines is 1. The van der Waals surface area contributed by atoms with Gasteiger partial charge in [-0.1, -0.05) is 11.6 Å². The fourth-order valence-corrected chi connectivity index (χ4v) is 2.92. The molecule has 1 aliphatic rings. The lowest BCUT2D eigenvalue weighted by atomic mass is 10.2. The van der Waals surface area contributed by atoms with Crippen molar-refractivity contribution in [2.45, 2.75) is 18.9 Å². The molecule has 1 saturated heterocycles. The van der Waals surface area contributed by atoms with Crippen LogP contribution in [-0.2, 0) is 19.6 Å². The number of nitrogens with one attached hydrogen (secondary N) is 2. The van der Waals surface area contributed by atoms with Crippen LogP contribution in [0.5, 0.6) is 0 Å². The van der Waals surface area contributed by atoms with E-state index in [0.717, 1.165) is 11.9 Å². The average molecular weight is 360 g/mol. The molecule has 1 aromatic rings. The van der Waals surface area contributed by atoms with E-state index in [1.807, 2.05) is 0 Å². The maximum absolute atomic E-state index is 12.0. The highest BCUT2D eigenvalue weighted by Gasteiger charge is 2.31. The van der Waals surface area contributed by atoms with Crippen LogP contribution < -0.4 is 14.9 Å². The standard InChI is InChI=1S/C14H18ClN3O4S/c1-23(21,22)16-7-6-13(19)17-11-8-14(20)18(9-11)12-4-2-10(15)3-5-12/h2-5,11,16H,6-9H2,1H3,(H,17,19)/t11-/m0/s1. The van der Waals surface area contributed by atoms with Gasteiger partial charge >= 0.3 is 0 Å². The summed E-state index contributed by atoms with van der Waals surface area (Å²) in [5, 5.41) is 3.33. The molecule has 0 saturated carbocycles. The molecule has 7 nitrogen and oxygen atoms in total. The lowest BCUT2D eigenvalue weighted by molar-refractivity contribution is -0.121. The van der Waals surface area contributed by atoms with E-state index in [-0.39, 0.29) is 37.2 Å². The van der Waals surface area contributed by atoms with Gasteiger partial charge in [-0.2, -0.15) is 0 Å². The van der Waals surface area contributed by atoms with Crippen LogP contribution in [-0.4, -0.2) is 45.6 Å². The molecular formula is C14H18ClN3O4S. The van der Waals surface area contributed by atoms with Crippen LogP contribution in [0.1, 0.15) is 12.8 Å². The minimum Gasteiger partial charge on any atom is -0.351 e. The number of hydrogen-bond donors (Lipinski definition) is 2. The first-order chi connectivity index (χ1) is 10.7. The molecule has 0 aliphatic carbocycles. The van der Waals surface area contributed by atoms with Gasteiger partial charge in [0.15, 0.2) is 0 Å². The molecule has 0 radical (unpaired) electrons. The summed E-state index contributed by atoms with van der Waals surface area (Å²) in [6.45, 7) is 0.415. The van der Waals surface area contributed by atoms with Gasteiger partial charge < -0.3 is 10.2 Å². The third-order valence-corrected chi connectivity index (χ3v) is 4.33. The zero-order valence-electron chi connectivity index (χ0n) is 12.6. The predicted molar refractivity (Wildman–Crippen MR) is 87.8 cm³/mol. The van der Waals surface area contributed by atoms with Crippen molar-refractivity contribution in [1.82, 2.24) is 10.0 Å². The predicted octanol–water partition coefficient (Wildman–Crippen LogP) is 0.501. The lowest BCUT2D eigenvalue weighted by Gasteiger charge is -2.17. The first-order valence-electron chi connectivity index (χ1n) is 7.04. The average Bonchev–Trinajstić information content (AvgIpc) is 2.79. The monoisotopic (exact) mass is 359 g/mol. The Labute approximate surface area is 140 Å². The van der Waals surface area contributed by atoms with Crippen molar-refractivity contribution >= 4 is 39.1 Å². The van der Waals surface area contributed by atoms with Crippen molar-refractivity contribution in [3.8, 4) is 0 Å². The van der Waals surface area contributed by atoms with E-state index in [0.29, 0.717) is 11.6 Å². The number of benzene rings is 1. The number of rotatable bonds is 6. The van der Waals surface area contributed by atoms with E-state index in [1.54, 1.807) is 29.2 Å². The Morgan fingerprint density at radius 3 is 2.61 bits per heavy atom. The largest absolute Gasteiger partial charge is 0.351 e. The second-order valence-corrected chi connectivity index (χ2v) is 7.64. The highest BCUT2D eigenvalue weighted by Crippen LogP contribution is 2.23. The number of amides is 2. The zero-order chi connectivity index (χ0) is 17.0. The summed E-state index contributed by atoms with van der Waals surface area (Å²) in [5.41, 5.74) is 0.731. The number of nitrogens with zero attached hydrogens (tertiary/aromatic N) is 1. The number of hydrogen-bond acceptors (Lipinski definition) is 4. The molecule has 9 heteroatoms. The Kier molecular flexibility index (Phi) is 5.61. The van der Waals surface area contributed by atoms with Gasteiger partial charge in [0, 0.05) is 36.6 Å². The Morgan fingerprint density at radius 2 is 2.00 bits per heavy atom. The van der Waals surface area contributed by atoms with Gasteiger partial charge in [0.05, 0.1) is 12.3 Å². The van der Waals surface area contributed by atoms with Crippen LogP contribution in [0.3, 0.4) is 0 Å². The molecule has 2 N–H and O–H groups in total. The van der Waals surface area contributed by atoms with Gasteiger partial charge in [-0.25, -0.2) is 13.1 Å². The van der Waals surface area contributed by atoms with Crippen LogP contribution in [0.4, 0.5) is 5.69 Å². The maximum Gasteiger partial charge on any atom is 0.229 e. The molecule has 126 valence electrons. The third-order valence-electron chi connectivity index (χ3n) is 3.34. The number of sulfonamides is 1. The van der Waals surface area contributed by atoms with Crippen LogP contribution >= 0.6 is 11.6 Å². The Balaban J connectivity index is 1.85. The summed E-state index contributed by atoms with van der Waals surface area (Å²) in [6.07, 6.45) is 1.27. The van der Waals surface area contributed by atoms with Crippen molar-refractivity contribution in [3.63, 3.8) is 0 Å². The molecule has 2 amide bonds. The highest BCUT2D eigenvalue weighted by molar-refractivity contribution is 7.88. The van der Waals surface area contributed by atoms with Crippen molar-refractivity contribution in [2.75, 3.05) is 24.2 Å². The minimum atomic E-state index is -3.31. The summed E-state index contributed by atoms with van der Waals surface area (Å²) in [5.74, 6) is -0.371. The second-order valence-electron chi connectivity index (χ2n) is 5.37. The van der Waals surface area contributed by atoms with Crippen molar-refractivity contribution < 1.29 is 18.0 Å². The molecular weight excluding hydrogens is 342 g/mol. The van der Waals surface area contributed by atoms with Gasteiger partial charge in [0.2, 0.25) is 21.8 Å². The fourth-order valence-electron chi connectivity index (χ4n) is 2.32. The van der Waals surface area contributed by atoms with E-state index in [9.17, 15) is 18.0 Å². The Hall–Kier alpha value is -1.64. The SMILES string of the molecule is CS(=O)(=O)NCCC(=O)N[C@H]1CC(=O)N(c2ccc(Cl)cc2)C1. The Morgan fingerprint density at radius 1 is 1.35 bits per heavy atom. The molecule has 0 unspecified atom stereocenters. The van der Waals surface area contributed by atoms with E-state index in [1.165, 1.54) is 0 Å². The summed E-state index contributed by atoms with van der Waals surface area (Å²) >= 11 is 5.82. The van der Waals surface area contributed by atoms with E-state index in [2.05, 4.69) is 10.0 Å². The van der Waals surface area contributed by atoms with Crippen molar-refractivity contribution in [3.05, 3.63) is 29.3 Å². The fraction of sp³-hybridized carbons (Fsp3) is 0.429. The minimum absolute atomic E-state index is 0.0265. The molecule has 2 rings (SSSR count). The molecule has 1 aliphatic heterocycles. The van der Waals surface area contributed by atoms with Crippen LogP contribution in [0.15, 0.2) is 24.3 Å². The van der Waals surface area contributed by atoms with Gasteiger partial charge in [0.1, 0.15) is 0 Å². The molecule has 0 bridgehead atoms. The smallest absolute Gasteiger partial charge is 0.229 e. The maximum atomic E-state index is 12.0. The van der Waals surface area contributed by atoms with Gasteiger partial charge in [-0.3, -0.25) is 9.59 Å². The van der Waals surface area contributed by atoms with Crippen LogP contribution in [0.2, 0.25) is 5.02 Å². The van der Waals surface area contributed by atoms with E-state index >= 15 is 0 Å². The number of carbonyl (C=O) groups excluding carboxylic acids is 2. The summed E-state index contributed by atoms with van der Waals surface area (Å²) in [6, 6.07) is 6.62. The van der Waals surface area contributed by atoms with Crippen molar-refractivity contribution in [2.24, 2.45) is 0 Å². The molecule has 1 heterocycles. The topological polar surface area (TPSA) is 95.6 Å². The summed E-state index contributed by atoms with van der Waals surface area (Å²) in [7, 11) is -3.31.